The molecule has 0 bridgehead atoms. The summed E-state index contributed by atoms with van der Waals surface area (Å²) in [5.41, 5.74) is 2.09. The second-order valence-corrected chi connectivity index (χ2v) is 8.89. The quantitative estimate of drug-likeness (QED) is 0.217. The number of carboxylic acids is 1. The van der Waals surface area contributed by atoms with E-state index >= 15 is 0 Å². The minimum absolute atomic E-state index is 0.0649. The zero-order chi connectivity index (χ0) is 25.4. The van der Waals surface area contributed by atoms with Gasteiger partial charge in [0.05, 0.1) is 21.1 Å². The van der Waals surface area contributed by atoms with Crippen LogP contribution in [-0.4, -0.2) is 23.6 Å². The molecular formula is C26H20Br2N2O5. The molecule has 0 aliphatic heterocycles. The number of carbonyl (C=O) groups excluding carboxylic acids is 1. The maximum Gasteiger partial charge on any atom is 0.335 e. The van der Waals surface area contributed by atoms with E-state index in [9.17, 15) is 14.9 Å². The van der Waals surface area contributed by atoms with E-state index in [2.05, 4.69) is 37.2 Å². The first kappa shape index (κ1) is 26.0. The maximum atomic E-state index is 12.6. The van der Waals surface area contributed by atoms with Crippen molar-refractivity contribution in [3.8, 4) is 17.6 Å². The van der Waals surface area contributed by atoms with E-state index in [1.807, 2.05) is 13.0 Å². The van der Waals surface area contributed by atoms with Crippen molar-refractivity contribution in [2.24, 2.45) is 0 Å². The summed E-state index contributed by atoms with van der Waals surface area (Å²) in [7, 11) is 0. The molecule has 0 unspecified atom stereocenters. The second-order valence-electron chi connectivity index (χ2n) is 7.19. The lowest BCUT2D eigenvalue weighted by molar-refractivity contribution is -0.112. The van der Waals surface area contributed by atoms with Crippen LogP contribution in [0.3, 0.4) is 0 Å². The highest BCUT2D eigenvalue weighted by atomic mass is 79.9. The van der Waals surface area contributed by atoms with Crippen LogP contribution in [0.15, 0.2) is 75.2 Å². The van der Waals surface area contributed by atoms with Gasteiger partial charge in [0.2, 0.25) is 0 Å². The van der Waals surface area contributed by atoms with Gasteiger partial charge >= 0.3 is 5.97 Å². The van der Waals surface area contributed by atoms with Gasteiger partial charge in [-0.25, -0.2) is 4.79 Å². The second kappa shape index (κ2) is 12.2. The van der Waals surface area contributed by atoms with Crippen LogP contribution in [0.1, 0.15) is 28.4 Å². The van der Waals surface area contributed by atoms with Gasteiger partial charge in [0.15, 0.2) is 0 Å². The van der Waals surface area contributed by atoms with Crippen LogP contribution in [0.5, 0.6) is 11.5 Å². The number of aromatic carboxylic acids is 1. The van der Waals surface area contributed by atoms with Crippen molar-refractivity contribution in [3.05, 3.63) is 91.9 Å². The highest BCUT2D eigenvalue weighted by Crippen LogP contribution is 2.36. The van der Waals surface area contributed by atoms with Crippen LogP contribution in [0.4, 0.5) is 5.69 Å². The number of hydrogen-bond donors (Lipinski definition) is 2. The van der Waals surface area contributed by atoms with E-state index < -0.39 is 11.9 Å². The Bertz CT molecular complexity index is 1270. The van der Waals surface area contributed by atoms with E-state index in [1.54, 1.807) is 48.5 Å². The molecule has 0 aromatic heterocycles. The molecule has 178 valence electrons. The lowest BCUT2D eigenvalue weighted by atomic mass is 10.1. The lowest BCUT2D eigenvalue weighted by Crippen LogP contribution is -2.13. The molecule has 0 radical (unpaired) electrons. The number of anilines is 1. The summed E-state index contributed by atoms with van der Waals surface area (Å²) in [4.78, 5) is 23.6. The Morgan fingerprint density at radius 1 is 1.03 bits per heavy atom. The predicted octanol–water partition coefficient (Wildman–Crippen LogP) is 6.43. The van der Waals surface area contributed by atoms with Crippen LogP contribution >= 0.6 is 31.9 Å². The summed E-state index contributed by atoms with van der Waals surface area (Å²) in [6.45, 7) is 2.65. The number of nitrogens with one attached hydrogen (secondary N) is 1. The fourth-order valence-electron chi connectivity index (χ4n) is 3.01. The minimum Gasteiger partial charge on any atom is -0.494 e. The molecule has 0 saturated carbocycles. The number of nitrogens with zero attached hydrogens (tertiary/aromatic N) is 1. The van der Waals surface area contributed by atoms with Gasteiger partial charge in [-0.3, -0.25) is 4.79 Å². The van der Waals surface area contributed by atoms with E-state index in [0.29, 0.717) is 38.3 Å². The largest absolute Gasteiger partial charge is 0.494 e. The number of carboxylic acid groups (broad SMARTS) is 1. The minimum atomic E-state index is -0.989. The maximum absolute atomic E-state index is 12.6. The molecule has 3 aromatic rings. The Labute approximate surface area is 219 Å². The van der Waals surface area contributed by atoms with E-state index in [0.717, 1.165) is 5.56 Å². The predicted molar refractivity (Wildman–Crippen MR) is 139 cm³/mol. The van der Waals surface area contributed by atoms with Crippen molar-refractivity contribution >= 4 is 55.5 Å². The van der Waals surface area contributed by atoms with E-state index in [1.165, 1.54) is 18.2 Å². The molecule has 0 spiro atoms. The number of ether oxygens (including phenoxy) is 2. The molecule has 0 saturated heterocycles. The number of carbonyl (C=O) groups is 2. The number of halogens is 2. The molecule has 3 rings (SSSR count). The summed E-state index contributed by atoms with van der Waals surface area (Å²) in [6, 6.07) is 18.7. The van der Waals surface area contributed by atoms with Crippen LogP contribution < -0.4 is 14.8 Å². The smallest absolute Gasteiger partial charge is 0.335 e. The highest BCUT2D eigenvalue weighted by Gasteiger charge is 2.13. The monoisotopic (exact) mass is 598 g/mol. The van der Waals surface area contributed by atoms with Gasteiger partial charge in [-0.2, -0.15) is 5.26 Å². The number of benzene rings is 3. The topological polar surface area (TPSA) is 109 Å². The molecule has 0 heterocycles. The van der Waals surface area contributed by atoms with Crippen LogP contribution in [0.2, 0.25) is 0 Å². The summed E-state index contributed by atoms with van der Waals surface area (Å²) in [5.74, 6) is -0.303. The van der Waals surface area contributed by atoms with Gasteiger partial charge in [-0.05, 0) is 105 Å². The molecule has 35 heavy (non-hydrogen) atoms. The number of hydrogen-bond acceptors (Lipinski definition) is 5. The lowest BCUT2D eigenvalue weighted by Gasteiger charge is -2.12. The third-order valence-corrected chi connectivity index (χ3v) is 5.88. The molecule has 0 aliphatic rings. The molecule has 3 aromatic carbocycles. The van der Waals surface area contributed by atoms with Crippen LogP contribution in [-0.2, 0) is 11.4 Å². The fourth-order valence-corrected chi connectivity index (χ4v) is 4.47. The van der Waals surface area contributed by atoms with Gasteiger partial charge in [-0.1, -0.05) is 12.1 Å². The Kier molecular flexibility index (Phi) is 9.06. The van der Waals surface area contributed by atoms with E-state index in [4.69, 9.17) is 14.6 Å². The van der Waals surface area contributed by atoms with E-state index in [-0.39, 0.29) is 17.7 Å². The molecule has 0 atom stereocenters. The first-order chi connectivity index (χ1) is 16.8. The first-order valence-corrected chi connectivity index (χ1v) is 12.0. The van der Waals surface area contributed by atoms with Crippen LogP contribution in [0.25, 0.3) is 6.08 Å². The Morgan fingerprint density at radius 3 is 2.20 bits per heavy atom. The highest BCUT2D eigenvalue weighted by molar-refractivity contribution is 9.11. The van der Waals surface area contributed by atoms with Gasteiger partial charge < -0.3 is 19.9 Å². The molecule has 9 heteroatoms. The zero-order valence-corrected chi connectivity index (χ0v) is 21.7. The van der Waals surface area contributed by atoms with Crippen molar-refractivity contribution in [1.82, 2.24) is 0 Å². The van der Waals surface area contributed by atoms with Crippen molar-refractivity contribution in [1.29, 1.82) is 5.26 Å². The molecule has 1 amide bonds. The SMILES string of the molecule is CCOc1ccc(NC(=O)/C(C#N)=C\c2cc(Br)c(OCc3ccc(C(=O)O)cc3)c(Br)c2)cc1. The Balaban J connectivity index is 1.71. The summed E-state index contributed by atoms with van der Waals surface area (Å²) < 4.78 is 12.5. The molecule has 2 N–H and O–H groups in total. The molecule has 0 fully saturated rings. The first-order valence-electron chi connectivity index (χ1n) is 10.4. The molecule has 7 nitrogen and oxygen atoms in total. The third kappa shape index (κ3) is 7.18. The van der Waals surface area contributed by atoms with Gasteiger partial charge in [0, 0.05) is 5.69 Å². The van der Waals surface area contributed by atoms with Gasteiger partial charge in [0.25, 0.3) is 5.91 Å². The summed E-state index contributed by atoms with van der Waals surface area (Å²) >= 11 is 6.93. The zero-order valence-electron chi connectivity index (χ0n) is 18.5. The molecule has 0 aliphatic carbocycles. The van der Waals surface area contributed by atoms with Crippen molar-refractivity contribution < 1.29 is 24.2 Å². The summed E-state index contributed by atoms with van der Waals surface area (Å²) in [6.07, 6.45) is 1.48. The number of nitriles is 1. The summed E-state index contributed by atoms with van der Waals surface area (Å²) in [5, 5.41) is 21.2. The standard InChI is InChI=1S/C26H20Br2N2O5/c1-2-34-21-9-7-20(8-10-21)30-25(31)19(14-29)11-17-12-22(27)24(23(28)13-17)35-15-16-3-5-18(6-4-16)26(32)33/h3-13H,2,15H2,1H3,(H,30,31)(H,32,33)/b19-11-. The average molecular weight is 600 g/mol. The Morgan fingerprint density at radius 2 is 1.66 bits per heavy atom. The van der Waals surface area contributed by atoms with Gasteiger partial charge in [-0.15, -0.1) is 0 Å². The normalized spacial score (nSPS) is 10.9. The number of rotatable bonds is 9. The van der Waals surface area contributed by atoms with Crippen LogP contribution in [0, 0.1) is 11.3 Å². The van der Waals surface area contributed by atoms with Crippen molar-refractivity contribution in [3.63, 3.8) is 0 Å². The fraction of sp³-hybridized carbons (Fsp3) is 0.115. The third-order valence-electron chi connectivity index (χ3n) is 4.70. The average Bonchev–Trinajstić information content (AvgIpc) is 2.83. The van der Waals surface area contributed by atoms with Crippen molar-refractivity contribution in [2.75, 3.05) is 11.9 Å². The number of amides is 1. The Hall–Kier alpha value is -3.61. The van der Waals surface area contributed by atoms with Gasteiger partial charge in [0.1, 0.15) is 29.7 Å². The molecular weight excluding hydrogens is 580 g/mol. The van der Waals surface area contributed by atoms with Crippen molar-refractivity contribution in [2.45, 2.75) is 13.5 Å².